The molecule has 0 radical (unpaired) electrons. The Morgan fingerprint density at radius 1 is 0.410 bits per heavy atom. The van der Waals surface area contributed by atoms with Crippen LogP contribution < -0.4 is 4.89 Å². The Hall–Kier alpha value is -2.29. The van der Waals surface area contributed by atoms with Crippen molar-refractivity contribution >= 4 is 19.8 Å². The van der Waals surface area contributed by atoms with E-state index in [1.807, 2.05) is 21.1 Å². The van der Waals surface area contributed by atoms with E-state index >= 15 is 0 Å². The Kier molecular flexibility index (Phi) is 57.6. The molecule has 0 rings (SSSR count). The van der Waals surface area contributed by atoms with E-state index in [-0.39, 0.29) is 32.0 Å². The molecular weight excluding hydrogens is 990 g/mol. The number of rotatable bonds is 61. The van der Waals surface area contributed by atoms with Gasteiger partial charge in [-0.05, 0) is 77.0 Å². The fraction of sp³-hybridized carbons (Fsp3) is 0.824. The molecule has 0 aliphatic heterocycles. The largest absolute Gasteiger partial charge is 0.756 e. The second kappa shape index (κ2) is 59.3. The van der Waals surface area contributed by atoms with Gasteiger partial charge in [0.1, 0.15) is 19.8 Å². The van der Waals surface area contributed by atoms with E-state index in [1.54, 1.807) is 0 Å². The van der Waals surface area contributed by atoms with Crippen LogP contribution in [-0.2, 0) is 32.7 Å². The van der Waals surface area contributed by atoms with Crippen LogP contribution in [0.3, 0.4) is 0 Å². The van der Waals surface area contributed by atoms with Gasteiger partial charge >= 0.3 is 11.9 Å². The summed E-state index contributed by atoms with van der Waals surface area (Å²) in [4.78, 5) is 37.9. The number of ether oxygens (including phenoxy) is 2. The minimum Gasteiger partial charge on any atom is -0.756 e. The lowest BCUT2D eigenvalue weighted by atomic mass is 10.0. The molecule has 0 spiro atoms. The maximum Gasteiger partial charge on any atom is 0.306 e. The first-order valence-corrected chi connectivity index (χ1v) is 34.5. The van der Waals surface area contributed by atoms with Gasteiger partial charge in [0, 0.05) is 12.8 Å². The lowest BCUT2D eigenvalue weighted by molar-refractivity contribution is -0.870. The Morgan fingerprint density at radius 3 is 1.09 bits per heavy atom. The number of allylic oxidation sites excluding steroid dienone is 10. The van der Waals surface area contributed by atoms with Gasteiger partial charge in [-0.2, -0.15) is 0 Å². The van der Waals surface area contributed by atoms with Crippen LogP contribution in [0.2, 0.25) is 0 Å². The molecule has 0 saturated carbocycles. The number of phosphoric acid groups is 1. The minimum atomic E-state index is -4.64. The van der Waals surface area contributed by atoms with Gasteiger partial charge in [-0.25, -0.2) is 0 Å². The van der Waals surface area contributed by atoms with Crippen LogP contribution in [0.25, 0.3) is 0 Å². The molecule has 10 heteroatoms. The summed E-state index contributed by atoms with van der Waals surface area (Å²) in [7, 11) is 1.17. The van der Waals surface area contributed by atoms with E-state index in [9.17, 15) is 19.0 Å². The lowest BCUT2D eigenvalue weighted by Gasteiger charge is -2.28. The summed E-state index contributed by atoms with van der Waals surface area (Å²) in [5.41, 5.74) is 0. The molecule has 0 N–H and O–H groups in total. The monoisotopic (exact) mass is 1120 g/mol. The summed E-state index contributed by atoms with van der Waals surface area (Å²) < 4.78 is 34.2. The quantitative estimate of drug-likeness (QED) is 0.0195. The van der Waals surface area contributed by atoms with E-state index in [0.29, 0.717) is 17.4 Å². The Bertz CT molecular complexity index is 1500. The van der Waals surface area contributed by atoms with Gasteiger partial charge in [-0.15, -0.1) is 0 Å². The van der Waals surface area contributed by atoms with Crippen molar-refractivity contribution in [2.75, 3.05) is 47.5 Å². The minimum absolute atomic E-state index is 0.0331. The topological polar surface area (TPSA) is 111 Å². The Balaban J connectivity index is 3.92. The number of carbonyl (C=O) groups is 2. The van der Waals surface area contributed by atoms with Gasteiger partial charge < -0.3 is 27.9 Å². The maximum atomic E-state index is 12.8. The molecule has 456 valence electrons. The zero-order chi connectivity index (χ0) is 57.0. The van der Waals surface area contributed by atoms with Gasteiger partial charge in [0.05, 0.1) is 27.7 Å². The third-order valence-electron chi connectivity index (χ3n) is 14.5. The van der Waals surface area contributed by atoms with Crippen LogP contribution in [0.4, 0.5) is 0 Å². The smallest absolute Gasteiger partial charge is 0.306 e. The SMILES string of the molecule is CC/C=C\C/C=C\C/C=C\CCCCCCCCCC(=O)OC(COC(=O)CCCCCCCCCCCCCCCCCCCCCCCCCCC/C=C\C/C=C\CCCCCCC)COP(=O)([O-])OCC[N+](C)(C)C. The predicted octanol–water partition coefficient (Wildman–Crippen LogP) is 20.4. The fourth-order valence-electron chi connectivity index (χ4n) is 9.47. The van der Waals surface area contributed by atoms with Gasteiger partial charge in [0.2, 0.25) is 0 Å². The number of nitrogens with zero attached hydrogens (tertiary/aromatic N) is 1. The average molecular weight is 1120 g/mol. The highest BCUT2D eigenvalue weighted by Gasteiger charge is 2.22. The van der Waals surface area contributed by atoms with E-state index in [4.69, 9.17) is 18.5 Å². The summed E-state index contributed by atoms with van der Waals surface area (Å²) in [5.74, 6) is -0.834. The van der Waals surface area contributed by atoms with Crippen molar-refractivity contribution in [1.29, 1.82) is 0 Å². The molecule has 0 aliphatic carbocycles. The molecule has 0 bridgehead atoms. The van der Waals surface area contributed by atoms with E-state index in [0.717, 1.165) is 70.6 Å². The highest BCUT2D eigenvalue weighted by Crippen LogP contribution is 2.38. The third-order valence-corrected chi connectivity index (χ3v) is 15.5. The van der Waals surface area contributed by atoms with Crippen molar-refractivity contribution in [3.05, 3.63) is 60.8 Å². The average Bonchev–Trinajstić information content (AvgIpc) is 3.40. The van der Waals surface area contributed by atoms with Crippen LogP contribution in [0.1, 0.15) is 309 Å². The summed E-state index contributed by atoms with van der Waals surface area (Å²) in [6, 6.07) is 0. The first-order valence-electron chi connectivity index (χ1n) is 33.0. The maximum absolute atomic E-state index is 12.8. The van der Waals surface area contributed by atoms with Crippen molar-refractivity contribution < 1.29 is 42.1 Å². The van der Waals surface area contributed by atoms with Gasteiger partial charge in [-0.3, -0.25) is 14.2 Å². The number of quaternary nitrogens is 1. The van der Waals surface area contributed by atoms with Crippen LogP contribution in [0.15, 0.2) is 60.8 Å². The summed E-state index contributed by atoms with van der Waals surface area (Å²) in [6.45, 7) is 4.14. The molecule has 78 heavy (non-hydrogen) atoms. The van der Waals surface area contributed by atoms with Crippen LogP contribution >= 0.6 is 7.82 Å². The highest BCUT2D eigenvalue weighted by atomic mass is 31.2. The molecule has 9 nitrogen and oxygen atoms in total. The Morgan fingerprint density at radius 2 is 0.731 bits per heavy atom. The summed E-state index contributed by atoms with van der Waals surface area (Å²) in [6.07, 6.45) is 77.4. The second-order valence-electron chi connectivity index (χ2n) is 23.5. The molecule has 0 heterocycles. The zero-order valence-corrected chi connectivity index (χ0v) is 52.8. The van der Waals surface area contributed by atoms with E-state index in [2.05, 4.69) is 74.6 Å². The van der Waals surface area contributed by atoms with Crippen LogP contribution in [0.5, 0.6) is 0 Å². The third kappa shape index (κ3) is 62.9. The number of hydrogen-bond acceptors (Lipinski definition) is 8. The number of unbranched alkanes of at least 4 members (excludes halogenated alkanes) is 37. The van der Waals surface area contributed by atoms with E-state index in [1.165, 1.54) is 205 Å². The molecular formula is C68H126NO8P. The summed E-state index contributed by atoms with van der Waals surface area (Å²) >= 11 is 0. The molecule has 0 fully saturated rings. The van der Waals surface area contributed by atoms with Crippen molar-refractivity contribution in [3.8, 4) is 0 Å². The molecule has 2 unspecified atom stereocenters. The summed E-state index contributed by atoms with van der Waals surface area (Å²) in [5, 5.41) is 0. The highest BCUT2D eigenvalue weighted by molar-refractivity contribution is 7.45. The van der Waals surface area contributed by atoms with Crippen molar-refractivity contribution in [2.24, 2.45) is 0 Å². The molecule has 0 amide bonds. The van der Waals surface area contributed by atoms with Crippen LogP contribution in [-0.4, -0.2) is 70.0 Å². The number of likely N-dealkylation sites (N-methyl/N-ethyl adjacent to an activating group) is 1. The standard InChI is InChI=1S/C68H126NO8P/c1-6-8-10-12-14-16-18-20-22-24-25-26-27-28-29-30-31-32-33-34-35-36-37-38-39-40-41-42-43-45-46-48-50-52-54-56-58-60-67(70)74-64-66(65-76-78(72,73)75-63-62-69(3,4)5)77-68(71)61-59-57-55-53-51-49-47-44-23-21-19-17-15-13-11-9-7-2/h9,11,15,17-18,20-21,23-25,66H,6-8,10,12-14,16,19,22,26-65H2,1-5H3/b11-9-,17-15-,20-18-,23-21-,25-24-. The van der Waals surface area contributed by atoms with Crippen LogP contribution in [0, 0.1) is 0 Å². The predicted molar refractivity (Wildman–Crippen MR) is 333 cm³/mol. The number of phosphoric ester groups is 1. The van der Waals surface area contributed by atoms with Crippen molar-refractivity contribution in [1.82, 2.24) is 0 Å². The van der Waals surface area contributed by atoms with Crippen molar-refractivity contribution in [3.63, 3.8) is 0 Å². The molecule has 0 aromatic heterocycles. The van der Waals surface area contributed by atoms with Crippen molar-refractivity contribution in [2.45, 2.75) is 315 Å². The molecule has 2 atom stereocenters. The number of carbonyl (C=O) groups excluding carboxylic acids is 2. The van der Waals surface area contributed by atoms with Gasteiger partial charge in [-0.1, -0.05) is 280 Å². The first-order chi connectivity index (χ1) is 38.0. The molecule has 0 aromatic rings. The number of hydrogen-bond donors (Lipinski definition) is 0. The lowest BCUT2D eigenvalue weighted by Crippen LogP contribution is -2.37. The zero-order valence-electron chi connectivity index (χ0n) is 51.9. The Labute approximate surface area is 483 Å². The first kappa shape index (κ1) is 75.7. The number of esters is 2. The van der Waals surface area contributed by atoms with Gasteiger partial charge in [0.15, 0.2) is 6.10 Å². The second-order valence-corrected chi connectivity index (χ2v) is 24.9. The van der Waals surface area contributed by atoms with E-state index < -0.39 is 26.5 Å². The molecule has 0 aliphatic rings. The molecule has 0 aromatic carbocycles. The fourth-order valence-corrected chi connectivity index (χ4v) is 10.2. The van der Waals surface area contributed by atoms with Gasteiger partial charge in [0.25, 0.3) is 7.82 Å². The molecule has 0 saturated heterocycles. The normalized spacial score (nSPS) is 13.6.